The van der Waals surface area contributed by atoms with Crippen LogP contribution in [0.25, 0.3) is 0 Å². The van der Waals surface area contributed by atoms with E-state index in [0.29, 0.717) is 11.8 Å². The van der Waals surface area contributed by atoms with E-state index < -0.39 is 0 Å². The summed E-state index contributed by atoms with van der Waals surface area (Å²) in [6.45, 7) is 11.3. The molecular weight excluding hydrogens is 248 g/mol. The van der Waals surface area contributed by atoms with Crippen LogP contribution < -0.4 is 0 Å². The van der Waals surface area contributed by atoms with Gasteiger partial charge in [0.25, 0.3) is 0 Å². The lowest BCUT2D eigenvalue weighted by molar-refractivity contribution is 0.542. The van der Waals surface area contributed by atoms with E-state index in [2.05, 4.69) is 62.7 Å². The van der Waals surface area contributed by atoms with E-state index in [1.54, 1.807) is 0 Å². The van der Waals surface area contributed by atoms with E-state index in [1.165, 1.54) is 22.3 Å². The third-order valence-corrected chi connectivity index (χ3v) is 4.31. The molecule has 0 heterocycles. The second-order valence-electron chi connectivity index (χ2n) is 4.73. The van der Waals surface area contributed by atoms with Crippen LogP contribution in [0.15, 0.2) is 12.1 Å². The van der Waals surface area contributed by atoms with E-state index in [0.717, 1.165) is 5.33 Å². The van der Waals surface area contributed by atoms with E-state index in [1.807, 2.05) is 0 Å². The Labute approximate surface area is 102 Å². The maximum Gasteiger partial charge on any atom is 0.00627 e. The molecule has 0 aromatic heterocycles. The van der Waals surface area contributed by atoms with Gasteiger partial charge in [-0.15, -0.1) is 0 Å². The molecule has 0 radical (unpaired) electrons. The fraction of sp³-hybridized carbons (Fsp3) is 0.571. The Morgan fingerprint density at radius 3 is 1.93 bits per heavy atom. The Bertz CT molecular complexity index is 318. The van der Waals surface area contributed by atoms with Crippen molar-refractivity contribution in [3.8, 4) is 0 Å². The van der Waals surface area contributed by atoms with Crippen LogP contribution in [-0.4, -0.2) is 5.33 Å². The molecule has 84 valence electrons. The van der Waals surface area contributed by atoms with Gasteiger partial charge in [-0.25, -0.2) is 0 Å². The fourth-order valence-corrected chi connectivity index (χ4v) is 2.89. The van der Waals surface area contributed by atoms with Crippen LogP contribution >= 0.6 is 15.9 Å². The maximum absolute atomic E-state index is 3.58. The molecule has 2 atom stereocenters. The van der Waals surface area contributed by atoms with Gasteiger partial charge in [-0.1, -0.05) is 47.5 Å². The van der Waals surface area contributed by atoms with E-state index in [-0.39, 0.29) is 0 Å². The molecule has 0 aliphatic heterocycles. The molecule has 0 saturated heterocycles. The van der Waals surface area contributed by atoms with Crippen molar-refractivity contribution in [2.75, 3.05) is 5.33 Å². The lowest BCUT2D eigenvalue weighted by Crippen LogP contribution is -2.10. The second-order valence-corrected chi connectivity index (χ2v) is 5.38. The van der Waals surface area contributed by atoms with Crippen molar-refractivity contribution < 1.29 is 0 Å². The second kappa shape index (κ2) is 5.16. The molecule has 2 unspecified atom stereocenters. The largest absolute Gasteiger partial charge is 0.0925 e. The normalized spacial score (nSPS) is 15.1. The maximum atomic E-state index is 3.58. The van der Waals surface area contributed by atoms with Crippen LogP contribution in [0.2, 0.25) is 0 Å². The Balaban J connectivity index is 3.13. The first-order valence-electron chi connectivity index (χ1n) is 5.61. The van der Waals surface area contributed by atoms with Crippen molar-refractivity contribution in [2.24, 2.45) is 5.92 Å². The van der Waals surface area contributed by atoms with Gasteiger partial charge >= 0.3 is 0 Å². The zero-order chi connectivity index (χ0) is 11.6. The third kappa shape index (κ3) is 2.84. The summed E-state index contributed by atoms with van der Waals surface area (Å²) in [6, 6.07) is 4.58. The molecule has 15 heavy (non-hydrogen) atoms. The average Bonchev–Trinajstić information content (AvgIpc) is 2.14. The molecule has 0 aliphatic carbocycles. The molecule has 1 rings (SSSR count). The highest BCUT2D eigenvalue weighted by molar-refractivity contribution is 9.09. The van der Waals surface area contributed by atoms with Crippen LogP contribution in [-0.2, 0) is 0 Å². The lowest BCUT2D eigenvalue weighted by atomic mass is 9.84. The van der Waals surface area contributed by atoms with Crippen LogP contribution in [0, 0.1) is 26.7 Å². The highest BCUT2D eigenvalue weighted by Crippen LogP contribution is 2.31. The molecule has 0 fully saturated rings. The van der Waals surface area contributed by atoms with Crippen molar-refractivity contribution in [3.63, 3.8) is 0 Å². The Morgan fingerprint density at radius 2 is 1.53 bits per heavy atom. The summed E-state index contributed by atoms with van der Waals surface area (Å²) in [7, 11) is 0. The number of benzene rings is 1. The quantitative estimate of drug-likeness (QED) is 0.695. The topological polar surface area (TPSA) is 0 Å². The summed E-state index contributed by atoms with van der Waals surface area (Å²) in [4.78, 5) is 0. The summed E-state index contributed by atoms with van der Waals surface area (Å²) in [5.41, 5.74) is 5.78. The van der Waals surface area contributed by atoms with Gasteiger partial charge in [-0.05, 0) is 49.3 Å². The minimum absolute atomic E-state index is 0.630. The minimum Gasteiger partial charge on any atom is -0.0925 e. The highest BCUT2D eigenvalue weighted by atomic mass is 79.9. The molecule has 0 N–H and O–H groups in total. The minimum atomic E-state index is 0.630. The van der Waals surface area contributed by atoms with Crippen molar-refractivity contribution in [1.29, 1.82) is 0 Å². The summed E-state index contributed by atoms with van der Waals surface area (Å²) in [6.07, 6.45) is 0. The molecule has 0 spiro atoms. The molecule has 0 nitrogen and oxygen atoms in total. The van der Waals surface area contributed by atoms with Gasteiger partial charge in [-0.3, -0.25) is 0 Å². The molecule has 0 saturated carbocycles. The monoisotopic (exact) mass is 268 g/mol. The van der Waals surface area contributed by atoms with Crippen LogP contribution in [0.1, 0.15) is 42.0 Å². The molecule has 1 aromatic carbocycles. The fourth-order valence-electron chi connectivity index (χ4n) is 2.33. The average molecular weight is 269 g/mol. The number of halogens is 1. The first-order chi connectivity index (χ1) is 6.97. The number of hydrogen-bond donors (Lipinski definition) is 0. The SMILES string of the molecule is Cc1cc(C)c(C(C)C(C)CBr)c(C)c1. The van der Waals surface area contributed by atoms with Crippen molar-refractivity contribution in [1.82, 2.24) is 0 Å². The molecule has 0 aliphatic rings. The van der Waals surface area contributed by atoms with Gasteiger partial charge in [-0.2, -0.15) is 0 Å². The summed E-state index contributed by atoms with van der Waals surface area (Å²) < 4.78 is 0. The molecule has 0 bridgehead atoms. The van der Waals surface area contributed by atoms with Gasteiger partial charge in [0, 0.05) is 5.33 Å². The van der Waals surface area contributed by atoms with Crippen molar-refractivity contribution in [3.05, 3.63) is 34.4 Å². The van der Waals surface area contributed by atoms with Gasteiger partial charge in [0.1, 0.15) is 0 Å². The number of aryl methyl sites for hydroxylation is 3. The van der Waals surface area contributed by atoms with Gasteiger partial charge in [0.2, 0.25) is 0 Å². The van der Waals surface area contributed by atoms with E-state index >= 15 is 0 Å². The molecule has 1 heteroatoms. The third-order valence-electron chi connectivity index (χ3n) is 3.29. The summed E-state index contributed by atoms with van der Waals surface area (Å²) in [5, 5.41) is 1.07. The summed E-state index contributed by atoms with van der Waals surface area (Å²) in [5.74, 6) is 1.31. The zero-order valence-electron chi connectivity index (χ0n) is 10.4. The molecule has 0 amide bonds. The number of rotatable bonds is 3. The summed E-state index contributed by atoms with van der Waals surface area (Å²) >= 11 is 3.58. The van der Waals surface area contributed by atoms with Gasteiger partial charge in [0.05, 0.1) is 0 Å². The van der Waals surface area contributed by atoms with Gasteiger partial charge < -0.3 is 0 Å². The van der Waals surface area contributed by atoms with E-state index in [4.69, 9.17) is 0 Å². The predicted molar refractivity (Wildman–Crippen MR) is 72.0 cm³/mol. The number of hydrogen-bond acceptors (Lipinski definition) is 0. The molecular formula is C14H21Br. The Morgan fingerprint density at radius 1 is 1.07 bits per heavy atom. The van der Waals surface area contributed by atoms with Gasteiger partial charge in [0.15, 0.2) is 0 Å². The standard InChI is InChI=1S/C14H21Br/c1-9-6-10(2)14(11(3)7-9)13(5)12(4)8-15/h6-7,12-13H,8H2,1-5H3. The number of alkyl halides is 1. The first kappa shape index (κ1) is 12.8. The van der Waals surface area contributed by atoms with Crippen LogP contribution in [0.3, 0.4) is 0 Å². The van der Waals surface area contributed by atoms with Crippen molar-refractivity contribution in [2.45, 2.75) is 40.5 Å². The van der Waals surface area contributed by atoms with Crippen molar-refractivity contribution >= 4 is 15.9 Å². The van der Waals surface area contributed by atoms with Crippen LogP contribution in [0.5, 0.6) is 0 Å². The molecule has 1 aromatic rings. The first-order valence-corrected chi connectivity index (χ1v) is 6.73. The lowest BCUT2D eigenvalue weighted by Gasteiger charge is -2.23. The van der Waals surface area contributed by atoms with E-state index in [9.17, 15) is 0 Å². The van der Waals surface area contributed by atoms with Crippen LogP contribution in [0.4, 0.5) is 0 Å². The predicted octanol–water partition coefficient (Wildman–Crippen LogP) is 4.75. The highest BCUT2D eigenvalue weighted by Gasteiger charge is 2.17. The Kier molecular flexibility index (Phi) is 4.39. The smallest absolute Gasteiger partial charge is 0.00627 e. The Hall–Kier alpha value is -0.300. The zero-order valence-corrected chi connectivity index (χ0v) is 12.0.